The summed E-state index contributed by atoms with van der Waals surface area (Å²) in [5, 5.41) is 3.40. The minimum Gasteiger partial charge on any atom is -0.376 e. The van der Waals surface area contributed by atoms with Crippen LogP contribution in [0.4, 0.5) is 0 Å². The first kappa shape index (κ1) is 12.3. The maximum absolute atomic E-state index is 5.73. The first-order valence-electron chi connectivity index (χ1n) is 6.93. The van der Waals surface area contributed by atoms with E-state index in [1.807, 2.05) is 0 Å². The molecule has 0 aromatic carbocycles. The molecule has 1 heterocycles. The van der Waals surface area contributed by atoms with Gasteiger partial charge in [0.15, 0.2) is 0 Å². The first-order valence-corrected chi connectivity index (χ1v) is 6.93. The molecule has 0 spiro atoms. The summed E-state index contributed by atoms with van der Waals surface area (Å²) in [4.78, 5) is 2.60. The van der Waals surface area contributed by atoms with Crippen LogP contribution in [0.2, 0.25) is 0 Å². The number of nitrogens with zero attached hydrogens (tertiary/aromatic N) is 1. The second-order valence-electron chi connectivity index (χ2n) is 5.18. The summed E-state index contributed by atoms with van der Waals surface area (Å²) >= 11 is 0. The molecular formula is C13H26N2O. The highest BCUT2D eigenvalue weighted by molar-refractivity contribution is 4.75. The van der Waals surface area contributed by atoms with Gasteiger partial charge in [0.25, 0.3) is 0 Å². The molecule has 1 aliphatic heterocycles. The van der Waals surface area contributed by atoms with Crippen LogP contribution >= 0.6 is 0 Å². The van der Waals surface area contributed by atoms with Gasteiger partial charge in [-0.25, -0.2) is 0 Å². The molecular weight excluding hydrogens is 200 g/mol. The highest BCUT2D eigenvalue weighted by Crippen LogP contribution is 2.27. The Morgan fingerprint density at radius 1 is 1.38 bits per heavy atom. The van der Waals surface area contributed by atoms with Crippen LogP contribution in [0.1, 0.15) is 32.6 Å². The largest absolute Gasteiger partial charge is 0.376 e. The predicted octanol–water partition coefficient (Wildman–Crippen LogP) is 1.49. The number of hydrogen-bond acceptors (Lipinski definition) is 3. The van der Waals surface area contributed by atoms with E-state index in [1.54, 1.807) is 0 Å². The topological polar surface area (TPSA) is 24.5 Å². The molecule has 0 radical (unpaired) electrons. The third-order valence-electron chi connectivity index (χ3n) is 3.96. The molecule has 3 heteroatoms. The van der Waals surface area contributed by atoms with E-state index >= 15 is 0 Å². The fourth-order valence-electron chi connectivity index (χ4n) is 2.55. The van der Waals surface area contributed by atoms with Gasteiger partial charge in [-0.3, -0.25) is 0 Å². The second-order valence-corrected chi connectivity index (χ2v) is 5.18. The minimum atomic E-state index is 0.448. The van der Waals surface area contributed by atoms with Crippen molar-refractivity contribution in [2.75, 3.05) is 39.3 Å². The Kier molecular flexibility index (Phi) is 5.07. The van der Waals surface area contributed by atoms with Gasteiger partial charge in [0.05, 0.1) is 12.7 Å². The van der Waals surface area contributed by atoms with Crippen molar-refractivity contribution in [3.05, 3.63) is 0 Å². The third kappa shape index (κ3) is 3.72. The Labute approximate surface area is 99.5 Å². The Bertz CT molecular complexity index is 188. The fraction of sp³-hybridized carbons (Fsp3) is 1.00. The molecule has 1 unspecified atom stereocenters. The van der Waals surface area contributed by atoms with Gasteiger partial charge in [-0.1, -0.05) is 13.3 Å². The summed E-state index contributed by atoms with van der Waals surface area (Å²) in [6, 6.07) is 0. The van der Waals surface area contributed by atoms with Crippen molar-refractivity contribution in [3.8, 4) is 0 Å². The van der Waals surface area contributed by atoms with E-state index in [0.29, 0.717) is 6.10 Å². The molecule has 1 N–H and O–H groups in total. The molecule has 1 aliphatic carbocycles. The van der Waals surface area contributed by atoms with Crippen LogP contribution in [-0.4, -0.2) is 50.3 Å². The van der Waals surface area contributed by atoms with Crippen LogP contribution in [0.25, 0.3) is 0 Å². The summed E-state index contributed by atoms with van der Waals surface area (Å²) in [7, 11) is 0. The van der Waals surface area contributed by atoms with Gasteiger partial charge in [-0.15, -0.1) is 0 Å². The molecule has 1 saturated carbocycles. The lowest BCUT2D eigenvalue weighted by Gasteiger charge is -2.33. The van der Waals surface area contributed by atoms with E-state index in [0.717, 1.165) is 25.6 Å². The van der Waals surface area contributed by atoms with E-state index in [4.69, 9.17) is 4.74 Å². The van der Waals surface area contributed by atoms with Gasteiger partial charge in [0.1, 0.15) is 0 Å². The molecule has 1 atom stereocenters. The van der Waals surface area contributed by atoms with E-state index in [9.17, 15) is 0 Å². The molecule has 0 amide bonds. The molecule has 3 nitrogen and oxygen atoms in total. The quantitative estimate of drug-likeness (QED) is 0.742. The van der Waals surface area contributed by atoms with Gasteiger partial charge in [0, 0.05) is 26.2 Å². The first-order chi connectivity index (χ1) is 7.88. The van der Waals surface area contributed by atoms with Crippen LogP contribution in [-0.2, 0) is 4.74 Å². The zero-order valence-corrected chi connectivity index (χ0v) is 10.6. The second kappa shape index (κ2) is 6.58. The molecule has 0 aromatic heterocycles. The molecule has 2 rings (SSSR count). The van der Waals surface area contributed by atoms with E-state index in [-0.39, 0.29) is 0 Å². The standard InChI is InChI=1S/C13H26N2O/c1-2-15(11-12-4-3-5-12)8-6-13-10-14-7-9-16-13/h12-14H,2-11H2,1H3. The van der Waals surface area contributed by atoms with Crippen molar-refractivity contribution in [2.45, 2.75) is 38.7 Å². The maximum Gasteiger partial charge on any atom is 0.0712 e. The SMILES string of the molecule is CCN(CCC1CNCCO1)CC1CCC1. The average Bonchev–Trinajstić information content (AvgIpc) is 2.28. The van der Waals surface area contributed by atoms with Crippen LogP contribution in [0.5, 0.6) is 0 Å². The Morgan fingerprint density at radius 3 is 2.81 bits per heavy atom. The molecule has 2 aliphatic rings. The predicted molar refractivity (Wildman–Crippen MR) is 66.7 cm³/mol. The van der Waals surface area contributed by atoms with Gasteiger partial charge < -0.3 is 15.0 Å². The van der Waals surface area contributed by atoms with Crippen molar-refractivity contribution in [3.63, 3.8) is 0 Å². The van der Waals surface area contributed by atoms with Gasteiger partial charge in [0.2, 0.25) is 0 Å². The molecule has 2 fully saturated rings. The monoisotopic (exact) mass is 226 g/mol. The average molecular weight is 226 g/mol. The van der Waals surface area contributed by atoms with Crippen LogP contribution < -0.4 is 5.32 Å². The number of nitrogens with one attached hydrogen (secondary N) is 1. The molecule has 94 valence electrons. The zero-order chi connectivity index (χ0) is 11.2. The number of hydrogen-bond donors (Lipinski definition) is 1. The van der Waals surface area contributed by atoms with Crippen molar-refractivity contribution >= 4 is 0 Å². The van der Waals surface area contributed by atoms with Crippen molar-refractivity contribution in [1.82, 2.24) is 10.2 Å². The zero-order valence-electron chi connectivity index (χ0n) is 10.6. The van der Waals surface area contributed by atoms with E-state index in [1.165, 1.54) is 45.3 Å². The lowest BCUT2D eigenvalue weighted by molar-refractivity contribution is 0.0159. The lowest BCUT2D eigenvalue weighted by atomic mass is 9.85. The number of rotatable bonds is 6. The minimum absolute atomic E-state index is 0.448. The summed E-state index contributed by atoms with van der Waals surface area (Å²) in [6.07, 6.45) is 6.01. The smallest absolute Gasteiger partial charge is 0.0712 e. The van der Waals surface area contributed by atoms with Crippen molar-refractivity contribution in [1.29, 1.82) is 0 Å². The van der Waals surface area contributed by atoms with Crippen LogP contribution in [0, 0.1) is 5.92 Å². The molecule has 16 heavy (non-hydrogen) atoms. The lowest BCUT2D eigenvalue weighted by Crippen LogP contribution is -2.41. The summed E-state index contributed by atoms with van der Waals surface area (Å²) in [6.45, 7) is 8.95. The summed E-state index contributed by atoms with van der Waals surface area (Å²) < 4.78 is 5.73. The van der Waals surface area contributed by atoms with Gasteiger partial charge in [-0.05, 0) is 31.7 Å². The van der Waals surface area contributed by atoms with Crippen molar-refractivity contribution < 1.29 is 4.74 Å². The van der Waals surface area contributed by atoms with Crippen molar-refractivity contribution in [2.24, 2.45) is 5.92 Å². The number of ether oxygens (including phenoxy) is 1. The van der Waals surface area contributed by atoms with E-state index < -0.39 is 0 Å². The normalized spacial score (nSPS) is 27.0. The Morgan fingerprint density at radius 2 is 2.25 bits per heavy atom. The fourth-order valence-corrected chi connectivity index (χ4v) is 2.55. The highest BCUT2D eigenvalue weighted by Gasteiger charge is 2.21. The van der Waals surface area contributed by atoms with E-state index in [2.05, 4.69) is 17.1 Å². The maximum atomic E-state index is 5.73. The molecule has 1 saturated heterocycles. The molecule has 0 bridgehead atoms. The van der Waals surface area contributed by atoms with Crippen LogP contribution in [0.3, 0.4) is 0 Å². The van der Waals surface area contributed by atoms with Gasteiger partial charge >= 0.3 is 0 Å². The molecule has 0 aromatic rings. The summed E-state index contributed by atoms with van der Waals surface area (Å²) in [5.41, 5.74) is 0. The Hall–Kier alpha value is -0.120. The number of morpholine rings is 1. The Balaban J connectivity index is 1.61. The highest BCUT2D eigenvalue weighted by atomic mass is 16.5. The third-order valence-corrected chi connectivity index (χ3v) is 3.96. The summed E-state index contributed by atoms with van der Waals surface area (Å²) in [5.74, 6) is 0.991. The van der Waals surface area contributed by atoms with Gasteiger partial charge in [-0.2, -0.15) is 0 Å². The van der Waals surface area contributed by atoms with Crippen LogP contribution in [0.15, 0.2) is 0 Å².